The van der Waals surface area contributed by atoms with Gasteiger partial charge in [-0.1, -0.05) is 12.1 Å². The number of benzene rings is 1. The van der Waals surface area contributed by atoms with Crippen LogP contribution in [0.15, 0.2) is 28.8 Å². The molecule has 0 bridgehead atoms. The van der Waals surface area contributed by atoms with E-state index in [1.165, 1.54) is 0 Å². The Labute approximate surface area is 129 Å². The van der Waals surface area contributed by atoms with Crippen LogP contribution in [0.1, 0.15) is 42.1 Å². The average molecular weight is 300 g/mol. The number of carbonyl (C=O) groups excluding carboxylic acids is 1. The monoisotopic (exact) mass is 300 g/mol. The molecule has 0 aliphatic heterocycles. The van der Waals surface area contributed by atoms with Crippen LogP contribution in [0.5, 0.6) is 5.75 Å². The molecule has 5 nitrogen and oxygen atoms in total. The quantitative estimate of drug-likeness (QED) is 0.939. The van der Waals surface area contributed by atoms with E-state index in [1.54, 1.807) is 0 Å². The minimum absolute atomic E-state index is 0.219. The molecule has 116 valence electrons. The van der Waals surface area contributed by atoms with Crippen LogP contribution in [-0.4, -0.2) is 17.7 Å². The molecule has 1 aliphatic rings. The number of ether oxygens (including phenoxy) is 1. The predicted molar refractivity (Wildman–Crippen MR) is 83.3 cm³/mol. The molecule has 1 aromatic carbocycles. The lowest BCUT2D eigenvalue weighted by atomic mass is 9.88. The Bertz CT molecular complexity index is 661. The van der Waals surface area contributed by atoms with Crippen LogP contribution < -0.4 is 10.1 Å². The number of aryl methyl sites for hydroxylation is 1. The molecule has 2 aromatic rings. The zero-order valence-electron chi connectivity index (χ0n) is 12.9. The number of amides is 1. The zero-order chi connectivity index (χ0) is 15.5. The van der Waals surface area contributed by atoms with E-state index in [4.69, 9.17) is 9.26 Å². The highest BCUT2D eigenvalue weighted by Crippen LogP contribution is 2.28. The Morgan fingerprint density at radius 2 is 2.18 bits per heavy atom. The molecule has 22 heavy (non-hydrogen) atoms. The first-order valence-corrected chi connectivity index (χ1v) is 7.69. The lowest BCUT2D eigenvalue weighted by molar-refractivity contribution is 0.101. The topological polar surface area (TPSA) is 64.4 Å². The van der Waals surface area contributed by atoms with Gasteiger partial charge in [-0.3, -0.25) is 4.79 Å². The third-order valence-electron chi connectivity index (χ3n) is 3.92. The van der Waals surface area contributed by atoms with Crippen LogP contribution in [0.25, 0.3) is 0 Å². The summed E-state index contributed by atoms with van der Waals surface area (Å²) in [5, 5.41) is 6.83. The number of nitrogens with one attached hydrogen (secondary N) is 1. The van der Waals surface area contributed by atoms with Gasteiger partial charge in [0, 0.05) is 17.7 Å². The fourth-order valence-corrected chi connectivity index (χ4v) is 2.75. The van der Waals surface area contributed by atoms with E-state index >= 15 is 0 Å². The SMILES string of the molecule is CCOc1ccc(NC(=O)c2noc3c2CC(C)CC3)cc1. The molecule has 0 saturated carbocycles. The largest absolute Gasteiger partial charge is 0.494 e. The first-order chi connectivity index (χ1) is 10.7. The molecule has 1 N–H and O–H groups in total. The highest BCUT2D eigenvalue weighted by atomic mass is 16.5. The number of hydrogen-bond acceptors (Lipinski definition) is 4. The van der Waals surface area contributed by atoms with Crippen molar-refractivity contribution in [1.82, 2.24) is 5.16 Å². The summed E-state index contributed by atoms with van der Waals surface area (Å²) < 4.78 is 10.7. The van der Waals surface area contributed by atoms with E-state index in [0.717, 1.165) is 36.3 Å². The van der Waals surface area contributed by atoms with Gasteiger partial charge in [0.15, 0.2) is 5.69 Å². The molecule has 5 heteroatoms. The highest BCUT2D eigenvalue weighted by molar-refractivity contribution is 6.04. The van der Waals surface area contributed by atoms with Gasteiger partial charge in [0.2, 0.25) is 0 Å². The number of anilines is 1. The third kappa shape index (κ3) is 2.98. The first-order valence-electron chi connectivity index (χ1n) is 7.69. The normalized spacial score (nSPS) is 16.9. The van der Waals surface area contributed by atoms with Crippen LogP contribution >= 0.6 is 0 Å². The Balaban J connectivity index is 1.73. The Morgan fingerprint density at radius 1 is 1.41 bits per heavy atom. The van der Waals surface area contributed by atoms with Crippen molar-refractivity contribution in [2.45, 2.75) is 33.1 Å². The highest BCUT2D eigenvalue weighted by Gasteiger charge is 2.26. The van der Waals surface area contributed by atoms with E-state index in [-0.39, 0.29) is 5.91 Å². The van der Waals surface area contributed by atoms with Gasteiger partial charge in [-0.2, -0.15) is 0 Å². The number of hydrogen-bond donors (Lipinski definition) is 1. The van der Waals surface area contributed by atoms with Gasteiger partial charge in [0.25, 0.3) is 5.91 Å². The molecule has 1 heterocycles. The van der Waals surface area contributed by atoms with Crippen LogP contribution in [-0.2, 0) is 12.8 Å². The maximum absolute atomic E-state index is 12.4. The average Bonchev–Trinajstić information content (AvgIpc) is 2.92. The van der Waals surface area contributed by atoms with Crippen molar-refractivity contribution in [3.63, 3.8) is 0 Å². The van der Waals surface area contributed by atoms with E-state index < -0.39 is 0 Å². The van der Waals surface area contributed by atoms with Crippen LogP contribution in [0.2, 0.25) is 0 Å². The number of rotatable bonds is 4. The van der Waals surface area contributed by atoms with E-state index in [0.29, 0.717) is 23.9 Å². The van der Waals surface area contributed by atoms with Crippen molar-refractivity contribution in [1.29, 1.82) is 0 Å². The molecule has 1 aromatic heterocycles. The van der Waals surface area contributed by atoms with Crippen molar-refractivity contribution in [2.75, 3.05) is 11.9 Å². The van der Waals surface area contributed by atoms with Crippen molar-refractivity contribution >= 4 is 11.6 Å². The summed E-state index contributed by atoms with van der Waals surface area (Å²) in [4.78, 5) is 12.4. The molecule has 0 spiro atoms. The second kappa shape index (κ2) is 6.22. The number of fused-ring (bicyclic) bond motifs is 1. The summed E-state index contributed by atoms with van der Waals surface area (Å²) in [7, 11) is 0. The van der Waals surface area contributed by atoms with Crippen molar-refractivity contribution in [3.05, 3.63) is 41.3 Å². The molecular weight excluding hydrogens is 280 g/mol. The fraction of sp³-hybridized carbons (Fsp3) is 0.412. The Kier molecular flexibility index (Phi) is 4.13. The predicted octanol–water partition coefficient (Wildman–Crippen LogP) is 3.45. The van der Waals surface area contributed by atoms with Crippen LogP contribution in [0.3, 0.4) is 0 Å². The lowest BCUT2D eigenvalue weighted by Gasteiger charge is -2.16. The minimum atomic E-state index is -0.219. The summed E-state index contributed by atoms with van der Waals surface area (Å²) in [5.74, 6) is 1.98. The van der Waals surface area contributed by atoms with Gasteiger partial charge >= 0.3 is 0 Å². The Morgan fingerprint density at radius 3 is 2.91 bits per heavy atom. The van der Waals surface area contributed by atoms with Gasteiger partial charge in [0.1, 0.15) is 11.5 Å². The van der Waals surface area contributed by atoms with Crippen molar-refractivity contribution in [2.24, 2.45) is 5.92 Å². The van der Waals surface area contributed by atoms with Crippen LogP contribution in [0, 0.1) is 5.92 Å². The van der Waals surface area contributed by atoms with Crippen LogP contribution in [0.4, 0.5) is 5.69 Å². The lowest BCUT2D eigenvalue weighted by Crippen LogP contribution is -2.17. The van der Waals surface area contributed by atoms with Gasteiger partial charge in [-0.05, 0) is 49.9 Å². The summed E-state index contributed by atoms with van der Waals surface area (Å²) in [6, 6.07) is 7.30. The molecular formula is C17H20N2O3. The molecule has 0 fully saturated rings. The smallest absolute Gasteiger partial charge is 0.278 e. The van der Waals surface area contributed by atoms with E-state index in [9.17, 15) is 4.79 Å². The van der Waals surface area contributed by atoms with E-state index in [1.807, 2.05) is 31.2 Å². The molecule has 1 atom stereocenters. The maximum Gasteiger partial charge on any atom is 0.278 e. The zero-order valence-corrected chi connectivity index (χ0v) is 12.9. The molecule has 3 rings (SSSR count). The summed E-state index contributed by atoms with van der Waals surface area (Å²) in [5.41, 5.74) is 2.09. The van der Waals surface area contributed by atoms with Crippen molar-refractivity contribution in [3.8, 4) is 5.75 Å². The number of carbonyl (C=O) groups is 1. The molecule has 1 amide bonds. The van der Waals surface area contributed by atoms with Crippen molar-refractivity contribution < 1.29 is 14.1 Å². The first kappa shape index (κ1) is 14.6. The van der Waals surface area contributed by atoms with Gasteiger partial charge < -0.3 is 14.6 Å². The fourth-order valence-electron chi connectivity index (χ4n) is 2.75. The molecule has 0 saturated heterocycles. The summed E-state index contributed by atoms with van der Waals surface area (Å²) >= 11 is 0. The van der Waals surface area contributed by atoms with Gasteiger partial charge in [0.05, 0.1) is 6.61 Å². The summed E-state index contributed by atoms with van der Waals surface area (Å²) in [6.07, 6.45) is 2.80. The standard InChI is InChI=1S/C17H20N2O3/c1-3-21-13-7-5-12(6-8-13)18-17(20)16-14-10-11(2)4-9-15(14)22-19-16/h5-8,11H,3-4,9-10H2,1-2H3,(H,18,20). The van der Waals surface area contributed by atoms with Gasteiger partial charge in [-0.25, -0.2) is 0 Å². The van der Waals surface area contributed by atoms with E-state index in [2.05, 4.69) is 17.4 Å². The molecule has 0 radical (unpaired) electrons. The maximum atomic E-state index is 12.4. The summed E-state index contributed by atoms with van der Waals surface area (Å²) in [6.45, 7) is 4.74. The second-order valence-corrected chi connectivity index (χ2v) is 5.69. The molecule has 1 unspecified atom stereocenters. The Hall–Kier alpha value is -2.30. The number of aromatic nitrogens is 1. The third-order valence-corrected chi connectivity index (χ3v) is 3.92. The molecule has 1 aliphatic carbocycles. The second-order valence-electron chi connectivity index (χ2n) is 5.69. The minimum Gasteiger partial charge on any atom is -0.494 e. The van der Waals surface area contributed by atoms with Gasteiger partial charge in [-0.15, -0.1) is 0 Å². The number of nitrogens with zero attached hydrogens (tertiary/aromatic N) is 1.